The second-order valence-corrected chi connectivity index (χ2v) is 9.26. The molecule has 0 aromatic heterocycles. The number of hydrogen-bond donors (Lipinski definition) is 0. The molecule has 1 aromatic rings. The average Bonchev–Trinajstić information content (AvgIpc) is 2.79. The molecule has 3 nitrogen and oxygen atoms in total. The molecule has 0 spiro atoms. The molecule has 156 valence electrons. The third-order valence-electron chi connectivity index (χ3n) is 7.82. The number of hydrogen-bond acceptors (Lipinski definition) is 3. The predicted molar refractivity (Wildman–Crippen MR) is 117 cm³/mol. The highest BCUT2D eigenvalue weighted by Gasteiger charge is 2.32. The Morgan fingerprint density at radius 3 is 2.00 bits per heavy atom. The molecular formula is C25H40N2O. The van der Waals surface area contributed by atoms with Crippen molar-refractivity contribution in [3.05, 3.63) is 29.3 Å². The molecular weight excluding hydrogens is 344 g/mol. The molecule has 0 atom stereocenters. The molecule has 1 aromatic carbocycles. The van der Waals surface area contributed by atoms with Gasteiger partial charge in [0.2, 0.25) is 0 Å². The van der Waals surface area contributed by atoms with Crippen LogP contribution >= 0.6 is 0 Å². The summed E-state index contributed by atoms with van der Waals surface area (Å²) in [6.07, 6.45) is 13.7. The Kier molecular flexibility index (Phi) is 6.95. The summed E-state index contributed by atoms with van der Waals surface area (Å²) in [5.74, 6) is 1.80. The van der Waals surface area contributed by atoms with Gasteiger partial charge in [0.05, 0.1) is 7.11 Å². The summed E-state index contributed by atoms with van der Waals surface area (Å²) >= 11 is 0. The maximum Gasteiger partial charge on any atom is 0.122 e. The minimum atomic E-state index is 0.686. The van der Waals surface area contributed by atoms with E-state index in [0.29, 0.717) is 5.92 Å². The summed E-state index contributed by atoms with van der Waals surface area (Å²) < 4.78 is 5.74. The van der Waals surface area contributed by atoms with E-state index in [2.05, 4.69) is 34.9 Å². The minimum absolute atomic E-state index is 0.686. The summed E-state index contributed by atoms with van der Waals surface area (Å²) in [5, 5.41) is 0. The van der Waals surface area contributed by atoms with Crippen LogP contribution in [0.15, 0.2) is 18.2 Å². The second-order valence-electron chi connectivity index (χ2n) is 9.26. The quantitative estimate of drug-likeness (QED) is 0.691. The summed E-state index contributed by atoms with van der Waals surface area (Å²) in [4.78, 5) is 5.63. The summed E-state index contributed by atoms with van der Waals surface area (Å²) in [6, 6.07) is 8.31. The Labute approximate surface area is 172 Å². The van der Waals surface area contributed by atoms with Gasteiger partial charge in [-0.1, -0.05) is 38.3 Å². The first-order valence-corrected chi connectivity index (χ1v) is 11.9. The lowest BCUT2D eigenvalue weighted by Crippen LogP contribution is -2.53. The zero-order chi connectivity index (χ0) is 19.3. The molecule has 0 N–H and O–H groups in total. The molecule has 3 aliphatic rings. The third kappa shape index (κ3) is 4.41. The number of benzene rings is 1. The van der Waals surface area contributed by atoms with Crippen LogP contribution in [0.5, 0.6) is 5.75 Å². The molecule has 3 heteroatoms. The highest BCUT2D eigenvalue weighted by atomic mass is 16.5. The van der Waals surface area contributed by atoms with Gasteiger partial charge in [0.15, 0.2) is 0 Å². The first kappa shape index (κ1) is 20.2. The lowest BCUT2D eigenvalue weighted by molar-refractivity contribution is 0.0444. The summed E-state index contributed by atoms with van der Waals surface area (Å²) in [5.41, 5.74) is 3.00. The van der Waals surface area contributed by atoms with E-state index < -0.39 is 0 Å². The van der Waals surface area contributed by atoms with E-state index in [1.54, 1.807) is 0 Å². The second kappa shape index (κ2) is 9.63. The van der Waals surface area contributed by atoms with Crippen LogP contribution in [0.2, 0.25) is 0 Å². The lowest BCUT2D eigenvalue weighted by atomic mass is 9.78. The largest absolute Gasteiger partial charge is 0.496 e. The zero-order valence-corrected chi connectivity index (χ0v) is 18.2. The number of ether oxygens (including phenoxy) is 1. The van der Waals surface area contributed by atoms with Crippen LogP contribution in [0.4, 0.5) is 0 Å². The Balaban J connectivity index is 1.30. The molecule has 1 heterocycles. The SMILES string of the molecule is CCc1cccc(OC)c1C1CCC(N2CCN(C3CCCCC3)CC2)CC1. The van der Waals surface area contributed by atoms with E-state index in [-0.39, 0.29) is 0 Å². The fourth-order valence-corrected chi connectivity index (χ4v) is 6.18. The number of methoxy groups -OCH3 is 1. The average molecular weight is 385 g/mol. The van der Waals surface area contributed by atoms with E-state index in [1.807, 2.05) is 7.11 Å². The monoisotopic (exact) mass is 384 g/mol. The van der Waals surface area contributed by atoms with Gasteiger partial charge in [-0.2, -0.15) is 0 Å². The van der Waals surface area contributed by atoms with E-state index >= 15 is 0 Å². The normalized spacial score (nSPS) is 28.4. The van der Waals surface area contributed by atoms with Crippen LogP contribution in [0.3, 0.4) is 0 Å². The maximum absolute atomic E-state index is 5.74. The highest BCUT2D eigenvalue weighted by Crippen LogP contribution is 2.41. The fraction of sp³-hybridized carbons (Fsp3) is 0.760. The number of piperazine rings is 1. The minimum Gasteiger partial charge on any atom is -0.496 e. The predicted octanol–water partition coefficient (Wildman–Crippen LogP) is 5.23. The molecule has 4 rings (SSSR count). The Morgan fingerprint density at radius 2 is 1.43 bits per heavy atom. The van der Waals surface area contributed by atoms with E-state index in [0.717, 1.165) is 24.3 Å². The topological polar surface area (TPSA) is 15.7 Å². The van der Waals surface area contributed by atoms with Crippen molar-refractivity contribution >= 4 is 0 Å². The third-order valence-corrected chi connectivity index (χ3v) is 7.82. The van der Waals surface area contributed by atoms with E-state index in [4.69, 9.17) is 4.74 Å². The van der Waals surface area contributed by atoms with Gasteiger partial charge in [0.1, 0.15) is 5.75 Å². The zero-order valence-electron chi connectivity index (χ0n) is 18.2. The summed E-state index contributed by atoms with van der Waals surface area (Å²) in [7, 11) is 1.83. The van der Waals surface area contributed by atoms with Crippen LogP contribution in [-0.4, -0.2) is 55.2 Å². The molecule has 1 saturated heterocycles. The molecule has 3 fully saturated rings. The van der Waals surface area contributed by atoms with Gasteiger partial charge < -0.3 is 4.74 Å². The van der Waals surface area contributed by atoms with Crippen LogP contribution in [0.1, 0.15) is 81.8 Å². The van der Waals surface area contributed by atoms with Crippen molar-refractivity contribution in [2.45, 2.75) is 89.1 Å². The van der Waals surface area contributed by atoms with Crippen LogP contribution in [0.25, 0.3) is 0 Å². The van der Waals surface area contributed by atoms with Crippen molar-refractivity contribution < 1.29 is 4.74 Å². The Hall–Kier alpha value is -1.06. The van der Waals surface area contributed by atoms with Crippen molar-refractivity contribution in [3.63, 3.8) is 0 Å². The standard InChI is InChI=1S/C25H40N2O/c1-3-20-8-7-11-24(28-2)25(20)21-12-14-23(15-13-21)27-18-16-26(17-19-27)22-9-5-4-6-10-22/h7-8,11,21-23H,3-6,9-10,12-19H2,1-2H3. The molecule has 2 saturated carbocycles. The van der Waals surface area contributed by atoms with Crippen LogP contribution < -0.4 is 4.74 Å². The van der Waals surface area contributed by atoms with E-state index in [9.17, 15) is 0 Å². The van der Waals surface area contributed by atoms with Crippen molar-refractivity contribution in [2.24, 2.45) is 0 Å². The fourth-order valence-electron chi connectivity index (χ4n) is 6.18. The number of nitrogens with zero attached hydrogens (tertiary/aromatic N) is 2. The Bertz CT molecular complexity index is 587. The molecule has 0 unspecified atom stereocenters. The number of rotatable bonds is 5. The molecule has 0 bridgehead atoms. The lowest BCUT2D eigenvalue weighted by Gasteiger charge is -2.45. The van der Waals surface area contributed by atoms with Crippen molar-refractivity contribution in [1.82, 2.24) is 9.80 Å². The van der Waals surface area contributed by atoms with Gasteiger partial charge in [0, 0.05) is 43.8 Å². The number of aryl methyl sites for hydroxylation is 1. The molecule has 1 aliphatic heterocycles. The van der Waals surface area contributed by atoms with Gasteiger partial charge in [-0.05, 0) is 62.5 Å². The first-order chi connectivity index (χ1) is 13.8. The van der Waals surface area contributed by atoms with Gasteiger partial charge in [-0.3, -0.25) is 9.80 Å². The smallest absolute Gasteiger partial charge is 0.122 e. The molecule has 0 radical (unpaired) electrons. The molecule has 28 heavy (non-hydrogen) atoms. The van der Waals surface area contributed by atoms with Crippen LogP contribution in [-0.2, 0) is 6.42 Å². The summed E-state index contributed by atoms with van der Waals surface area (Å²) in [6.45, 7) is 7.46. The van der Waals surface area contributed by atoms with Crippen molar-refractivity contribution in [2.75, 3.05) is 33.3 Å². The first-order valence-electron chi connectivity index (χ1n) is 11.9. The van der Waals surface area contributed by atoms with E-state index in [1.165, 1.54) is 95.1 Å². The van der Waals surface area contributed by atoms with Gasteiger partial charge >= 0.3 is 0 Å². The van der Waals surface area contributed by atoms with Crippen molar-refractivity contribution in [3.8, 4) is 5.75 Å². The van der Waals surface area contributed by atoms with Crippen molar-refractivity contribution in [1.29, 1.82) is 0 Å². The van der Waals surface area contributed by atoms with Gasteiger partial charge in [-0.15, -0.1) is 0 Å². The maximum atomic E-state index is 5.74. The van der Waals surface area contributed by atoms with Gasteiger partial charge in [-0.25, -0.2) is 0 Å². The highest BCUT2D eigenvalue weighted by molar-refractivity contribution is 5.43. The molecule has 2 aliphatic carbocycles. The van der Waals surface area contributed by atoms with Crippen LogP contribution in [0, 0.1) is 0 Å². The Morgan fingerprint density at radius 1 is 0.821 bits per heavy atom. The van der Waals surface area contributed by atoms with Gasteiger partial charge in [0.25, 0.3) is 0 Å². The molecule has 0 amide bonds.